The van der Waals surface area contributed by atoms with Gasteiger partial charge in [0.1, 0.15) is 0 Å². The molecule has 31 heavy (non-hydrogen) atoms. The largest absolute Gasteiger partial charge is 0.345 e. The van der Waals surface area contributed by atoms with Crippen LogP contribution in [0.2, 0.25) is 5.02 Å². The number of aryl methyl sites for hydroxylation is 1. The van der Waals surface area contributed by atoms with Gasteiger partial charge in [0, 0.05) is 46.6 Å². The summed E-state index contributed by atoms with van der Waals surface area (Å²) in [5, 5.41) is 11.5. The van der Waals surface area contributed by atoms with Crippen LogP contribution in [0.1, 0.15) is 12.0 Å². The summed E-state index contributed by atoms with van der Waals surface area (Å²) < 4.78 is 14.6. The van der Waals surface area contributed by atoms with Gasteiger partial charge in [0.15, 0.2) is 5.79 Å². The Labute approximate surface area is 189 Å². The summed E-state index contributed by atoms with van der Waals surface area (Å²) in [5.41, 5.74) is 1.26. The number of rotatable bonds is 9. The predicted molar refractivity (Wildman–Crippen MR) is 119 cm³/mol. The van der Waals surface area contributed by atoms with Gasteiger partial charge in [-0.2, -0.15) is 0 Å². The van der Waals surface area contributed by atoms with Gasteiger partial charge in [-0.15, -0.1) is 11.8 Å². The van der Waals surface area contributed by atoms with Crippen LogP contribution >= 0.6 is 23.4 Å². The van der Waals surface area contributed by atoms with Gasteiger partial charge in [-0.3, -0.25) is 10.1 Å². The van der Waals surface area contributed by atoms with Crippen LogP contribution in [0, 0.1) is 10.1 Å². The number of nitro groups is 1. The van der Waals surface area contributed by atoms with Crippen molar-refractivity contribution in [3.63, 3.8) is 0 Å². The molecule has 4 rings (SSSR count). The number of hydrogen-bond donors (Lipinski definition) is 0. The van der Waals surface area contributed by atoms with Crippen LogP contribution in [0.25, 0.3) is 0 Å². The van der Waals surface area contributed by atoms with Crippen molar-refractivity contribution in [1.29, 1.82) is 0 Å². The van der Waals surface area contributed by atoms with Crippen molar-refractivity contribution in [2.75, 3.05) is 12.4 Å². The number of nitrogens with zero attached hydrogens (tertiary/aromatic N) is 3. The fraction of sp³-hybridized carbons (Fsp3) is 0.318. The van der Waals surface area contributed by atoms with Crippen LogP contribution < -0.4 is 0 Å². The third-order valence-electron chi connectivity index (χ3n) is 5.09. The van der Waals surface area contributed by atoms with Gasteiger partial charge in [-0.05, 0) is 36.2 Å². The van der Waals surface area contributed by atoms with Crippen LogP contribution in [0.5, 0.6) is 0 Å². The number of aromatic nitrogens is 2. The summed E-state index contributed by atoms with van der Waals surface area (Å²) in [6.45, 7) is 1.05. The van der Waals surface area contributed by atoms with E-state index in [0.29, 0.717) is 30.3 Å². The fourth-order valence-corrected chi connectivity index (χ4v) is 4.49. The molecule has 0 spiro atoms. The molecular weight excluding hydrogens is 438 g/mol. The Kier molecular flexibility index (Phi) is 6.92. The lowest BCUT2D eigenvalue weighted by Crippen LogP contribution is -2.37. The Bertz CT molecular complexity index is 999. The summed E-state index contributed by atoms with van der Waals surface area (Å²) in [7, 11) is 0. The SMILES string of the molecule is O=[N+]([O-])c1ccc(SC[C@@H]2CO[C@](CCc3ccc(Cl)cc3)(Cn3ccnc3)O2)cc1. The first-order chi connectivity index (χ1) is 15.0. The number of thioether (sulfide) groups is 1. The molecule has 0 N–H and O–H groups in total. The van der Waals surface area contributed by atoms with Crippen molar-refractivity contribution in [2.24, 2.45) is 0 Å². The maximum absolute atomic E-state index is 10.8. The monoisotopic (exact) mass is 459 g/mol. The molecule has 0 bridgehead atoms. The van der Waals surface area contributed by atoms with E-state index in [1.165, 1.54) is 17.7 Å². The van der Waals surface area contributed by atoms with Gasteiger partial charge in [0.2, 0.25) is 0 Å². The summed E-state index contributed by atoms with van der Waals surface area (Å²) in [5.74, 6) is -0.0362. The van der Waals surface area contributed by atoms with Crippen LogP contribution in [0.15, 0.2) is 72.1 Å². The van der Waals surface area contributed by atoms with Gasteiger partial charge in [-0.1, -0.05) is 23.7 Å². The molecule has 0 aliphatic carbocycles. The van der Waals surface area contributed by atoms with Gasteiger partial charge >= 0.3 is 0 Å². The van der Waals surface area contributed by atoms with E-state index < -0.39 is 10.7 Å². The number of hydrogen-bond acceptors (Lipinski definition) is 6. The van der Waals surface area contributed by atoms with E-state index in [4.69, 9.17) is 21.1 Å². The molecule has 0 saturated carbocycles. The van der Waals surface area contributed by atoms with E-state index >= 15 is 0 Å². The van der Waals surface area contributed by atoms with Crippen LogP contribution in [-0.2, 0) is 22.4 Å². The summed E-state index contributed by atoms with van der Waals surface area (Å²) in [4.78, 5) is 15.5. The molecule has 1 fully saturated rings. The van der Waals surface area contributed by atoms with Crippen molar-refractivity contribution in [3.05, 3.63) is 88.0 Å². The Hall–Kier alpha value is -2.39. The highest BCUT2D eigenvalue weighted by atomic mass is 35.5. The zero-order chi connectivity index (χ0) is 21.7. The molecule has 2 aromatic carbocycles. The lowest BCUT2D eigenvalue weighted by atomic mass is 10.0. The number of imidazole rings is 1. The third-order valence-corrected chi connectivity index (χ3v) is 6.48. The second kappa shape index (κ2) is 9.82. The van der Waals surface area contributed by atoms with Crippen molar-refractivity contribution in [1.82, 2.24) is 9.55 Å². The molecular formula is C22H22ClN3O4S. The van der Waals surface area contributed by atoms with Crippen molar-refractivity contribution >= 4 is 29.1 Å². The Morgan fingerprint density at radius 1 is 1.23 bits per heavy atom. The zero-order valence-corrected chi connectivity index (χ0v) is 18.3. The van der Waals surface area contributed by atoms with E-state index in [2.05, 4.69) is 4.98 Å². The van der Waals surface area contributed by atoms with E-state index in [0.717, 1.165) is 11.3 Å². The van der Waals surface area contributed by atoms with E-state index in [1.807, 2.05) is 35.0 Å². The topological polar surface area (TPSA) is 79.4 Å². The van der Waals surface area contributed by atoms with Crippen molar-refractivity contribution in [2.45, 2.75) is 36.2 Å². The Morgan fingerprint density at radius 2 is 2.00 bits per heavy atom. The molecule has 2 atom stereocenters. The second-order valence-electron chi connectivity index (χ2n) is 7.39. The summed E-state index contributed by atoms with van der Waals surface area (Å²) in [6, 6.07) is 14.4. The first-order valence-electron chi connectivity index (χ1n) is 9.91. The molecule has 0 amide bonds. The normalized spacial score (nSPS) is 20.7. The number of non-ortho nitro benzene ring substituents is 1. The molecule has 7 nitrogen and oxygen atoms in total. The second-order valence-corrected chi connectivity index (χ2v) is 8.91. The zero-order valence-electron chi connectivity index (χ0n) is 16.7. The quantitative estimate of drug-likeness (QED) is 0.255. The highest BCUT2D eigenvalue weighted by Crippen LogP contribution is 2.33. The average molecular weight is 460 g/mol. The van der Waals surface area contributed by atoms with Crippen LogP contribution in [0.3, 0.4) is 0 Å². The van der Waals surface area contributed by atoms with Crippen LogP contribution in [0.4, 0.5) is 5.69 Å². The van der Waals surface area contributed by atoms with Gasteiger partial charge in [-0.25, -0.2) is 4.98 Å². The lowest BCUT2D eigenvalue weighted by Gasteiger charge is -2.28. The summed E-state index contributed by atoms with van der Waals surface area (Å²) >= 11 is 7.60. The van der Waals surface area contributed by atoms with Crippen molar-refractivity contribution in [3.8, 4) is 0 Å². The predicted octanol–water partition coefficient (Wildman–Crippen LogP) is 4.98. The molecule has 1 saturated heterocycles. The molecule has 1 aromatic heterocycles. The first kappa shape index (κ1) is 21.8. The number of halogens is 1. The van der Waals surface area contributed by atoms with Gasteiger partial charge < -0.3 is 14.0 Å². The maximum Gasteiger partial charge on any atom is 0.269 e. The molecule has 3 aromatic rings. The molecule has 0 unspecified atom stereocenters. The molecule has 9 heteroatoms. The maximum atomic E-state index is 10.8. The van der Waals surface area contributed by atoms with Gasteiger partial charge in [0.05, 0.1) is 30.5 Å². The highest BCUT2D eigenvalue weighted by Gasteiger charge is 2.41. The first-order valence-corrected chi connectivity index (χ1v) is 11.3. The Morgan fingerprint density at radius 3 is 2.68 bits per heavy atom. The standard InChI is InChI=1S/C22H22ClN3O4S/c23-18-3-1-17(2-4-18)9-10-22(15-25-12-11-24-16-25)29-13-20(30-22)14-31-21-7-5-19(6-8-21)26(27)28/h1-8,11-12,16,20H,9-10,13-15H2/t20-,22-/m0/s1. The fourth-order valence-electron chi connectivity index (χ4n) is 3.49. The minimum absolute atomic E-state index is 0.0751. The molecule has 0 radical (unpaired) electrons. The van der Waals surface area contributed by atoms with E-state index in [9.17, 15) is 10.1 Å². The average Bonchev–Trinajstić information content (AvgIpc) is 3.43. The lowest BCUT2D eigenvalue weighted by molar-refractivity contribution is -0.384. The van der Waals surface area contributed by atoms with E-state index in [1.54, 1.807) is 36.4 Å². The summed E-state index contributed by atoms with van der Waals surface area (Å²) in [6.07, 6.45) is 6.82. The Balaban J connectivity index is 1.38. The molecule has 1 aliphatic rings. The van der Waals surface area contributed by atoms with E-state index in [-0.39, 0.29) is 11.8 Å². The smallest absolute Gasteiger partial charge is 0.269 e. The van der Waals surface area contributed by atoms with Crippen LogP contribution in [-0.4, -0.2) is 38.7 Å². The van der Waals surface area contributed by atoms with Crippen molar-refractivity contribution < 1.29 is 14.4 Å². The molecule has 1 aliphatic heterocycles. The number of ether oxygens (including phenoxy) is 2. The number of benzene rings is 2. The molecule has 162 valence electrons. The minimum Gasteiger partial charge on any atom is -0.345 e. The minimum atomic E-state index is -0.735. The molecule has 2 heterocycles. The van der Waals surface area contributed by atoms with Gasteiger partial charge in [0.25, 0.3) is 5.69 Å². The number of nitro benzene ring substituents is 1. The third kappa shape index (κ3) is 5.86. The highest BCUT2D eigenvalue weighted by molar-refractivity contribution is 7.99.